The summed E-state index contributed by atoms with van der Waals surface area (Å²) in [4.78, 5) is 11.5. The molecule has 0 aromatic carbocycles. The van der Waals surface area contributed by atoms with Crippen LogP contribution in [0.15, 0.2) is 0 Å². The van der Waals surface area contributed by atoms with Crippen molar-refractivity contribution in [3.63, 3.8) is 0 Å². The third-order valence-electron chi connectivity index (χ3n) is 8.86. The molecule has 2 nitrogen and oxygen atoms in total. The van der Waals surface area contributed by atoms with Gasteiger partial charge in [0.1, 0.15) is 6.10 Å². The van der Waals surface area contributed by atoms with Crippen LogP contribution in [0.2, 0.25) is 0 Å². The molecule has 4 saturated carbocycles. The molecule has 0 radical (unpaired) electrons. The van der Waals surface area contributed by atoms with Crippen molar-refractivity contribution in [1.82, 2.24) is 0 Å². The molecule has 0 aromatic heterocycles. The van der Waals surface area contributed by atoms with E-state index in [2.05, 4.69) is 13.8 Å². The van der Waals surface area contributed by atoms with Gasteiger partial charge in [-0.3, -0.25) is 4.79 Å². The third kappa shape index (κ3) is 2.65. The Labute approximate surface area is 150 Å². The van der Waals surface area contributed by atoms with Gasteiger partial charge in [0.15, 0.2) is 0 Å². The monoisotopic (exact) mass is 354 g/mol. The van der Waals surface area contributed by atoms with Crippen LogP contribution in [0.5, 0.6) is 0 Å². The van der Waals surface area contributed by atoms with E-state index in [1.807, 2.05) is 0 Å². The van der Waals surface area contributed by atoms with Crippen molar-refractivity contribution in [1.29, 1.82) is 0 Å². The lowest BCUT2D eigenvalue weighted by molar-refractivity contribution is -0.174. The van der Waals surface area contributed by atoms with E-state index in [1.165, 1.54) is 6.92 Å². The Morgan fingerprint density at radius 2 is 1.64 bits per heavy atom. The van der Waals surface area contributed by atoms with E-state index in [0.717, 1.165) is 38.5 Å². The lowest BCUT2D eigenvalue weighted by Crippen LogP contribution is -2.55. The Morgan fingerprint density at radius 3 is 2.36 bits per heavy atom. The van der Waals surface area contributed by atoms with Crippen LogP contribution in [-0.4, -0.2) is 18.0 Å². The van der Waals surface area contributed by atoms with E-state index in [1.54, 1.807) is 0 Å². The van der Waals surface area contributed by atoms with Gasteiger partial charge < -0.3 is 4.74 Å². The number of ether oxygens (including phenoxy) is 1. The minimum absolute atomic E-state index is 0.0529. The summed E-state index contributed by atoms with van der Waals surface area (Å²) < 4.78 is 33.6. The fourth-order valence-corrected chi connectivity index (χ4v) is 7.52. The molecule has 4 aliphatic rings. The van der Waals surface area contributed by atoms with Crippen molar-refractivity contribution in [2.75, 3.05) is 0 Å². The standard InChI is InChI=1S/C21H32F2O2/c1-13(24)25-18-7-6-16-15-5-4-14-12-21(22,23)11-10-19(14,2)17(15)8-9-20(16,18)3/h14-18H,4-12H2,1-3H3/t14-,15?,16-,17-,18-,19-,20-/m0/s1. The molecule has 7 atom stereocenters. The average molecular weight is 354 g/mol. The number of carbonyl (C=O) groups is 1. The van der Waals surface area contributed by atoms with Crippen LogP contribution >= 0.6 is 0 Å². The van der Waals surface area contributed by atoms with Crippen LogP contribution in [0.4, 0.5) is 8.78 Å². The summed E-state index contributed by atoms with van der Waals surface area (Å²) in [6.45, 7) is 6.14. The molecule has 0 spiro atoms. The van der Waals surface area contributed by atoms with Crippen molar-refractivity contribution < 1.29 is 18.3 Å². The van der Waals surface area contributed by atoms with Crippen LogP contribution in [0.1, 0.15) is 78.6 Å². The van der Waals surface area contributed by atoms with E-state index >= 15 is 0 Å². The second kappa shape index (κ2) is 5.66. The molecule has 4 rings (SSSR count). The molecule has 25 heavy (non-hydrogen) atoms. The van der Waals surface area contributed by atoms with Crippen molar-refractivity contribution in [2.45, 2.75) is 90.6 Å². The van der Waals surface area contributed by atoms with Gasteiger partial charge in [-0.2, -0.15) is 0 Å². The third-order valence-corrected chi connectivity index (χ3v) is 8.86. The quantitative estimate of drug-likeness (QED) is 0.573. The highest BCUT2D eigenvalue weighted by Crippen LogP contribution is 2.67. The minimum Gasteiger partial charge on any atom is -0.462 e. The molecule has 142 valence electrons. The molecule has 4 heteroatoms. The van der Waals surface area contributed by atoms with Crippen LogP contribution in [0.25, 0.3) is 0 Å². The van der Waals surface area contributed by atoms with E-state index in [9.17, 15) is 13.6 Å². The van der Waals surface area contributed by atoms with E-state index in [-0.39, 0.29) is 41.7 Å². The number of fused-ring (bicyclic) bond motifs is 5. The van der Waals surface area contributed by atoms with Crippen molar-refractivity contribution in [3.05, 3.63) is 0 Å². The second-order valence-corrected chi connectivity index (χ2v) is 9.94. The minimum atomic E-state index is -2.45. The normalized spacial score (nSPS) is 51.2. The first-order valence-corrected chi connectivity index (χ1v) is 10.2. The first kappa shape index (κ1) is 17.7. The maximum Gasteiger partial charge on any atom is 0.302 e. The zero-order valence-corrected chi connectivity index (χ0v) is 15.8. The Balaban J connectivity index is 1.57. The molecule has 4 aliphatic carbocycles. The van der Waals surface area contributed by atoms with Gasteiger partial charge in [-0.15, -0.1) is 0 Å². The molecular formula is C21H32F2O2. The summed E-state index contributed by atoms with van der Waals surface area (Å²) in [7, 11) is 0. The maximum absolute atomic E-state index is 14.0. The molecule has 0 aromatic rings. The lowest BCUT2D eigenvalue weighted by Gasteiger charge is -2.60. The topological polar surface area (TPSA) is 26.3 Å². The van der Waals surface area contributed by atoms with Gasteiger partial charge in [-0.05, 0) is 74.0 Å². The molecule has 0 aliphatic heterocycles. The Kier molecular flexibility index (Phi) is 4.01. The second-order valence-electron chi connectivity index (χ2n) is 9.94. The van der Waals surface area contributed by atoms with Gasteiger partial charge in [0.05, 0.1) is 0 Å². The Hall–Kier alpha value is -0.670. The number of hydrogen-bond acceptors (Lipinski definition) is 2. The zero-order valence-electron chi connectivity index (χ0n) is 15.8. The van der Waals surface area contributed by atoms with Gasteiger partial charge in [-0.1, -0.05) is 13.8 Å². The lowest BCUT2D eigenvalue weighted by atomic mass is 9.45. The van der Waals surface area contributed by atoms with Gasteiger partial charge in [-0.25, -0.2) is 8.78 Å². The summed E-state index contributed by atoms with van der Waals surface area (Å²) in [5.74, 6) is -0.625. The fraction of sp³-hybridized carbons (Fsp3) is 0.952. The van der Waals surface area contributed by atoms with Gasteiger partial charge in [0.2, 0.25) is 5.92 Å². The number of carbonyl (C=O) groups excluding carboxylic acids is 1. The van der Waals surface area contributed by atoms with E-state index in [0.29, 0.717) is 24.2 Å². The molecule has 0 bridgehead atoms. The van der Waals surface area contributed by atoms with Crippen molar-refractivity contribution in [2.24, 2.45) is 34.5 Å². The zero-order chi connectivity index (χ0) is 18.0. The summed E-state index contributed by atoms with van der Waals surface area (Å²) in [5.41, 5.74) is 0.181. The van der Waals surface area contributed by atoms with Gasteiger partial charge in [0.25, 0.3) is 0 Å². The SMILES string of the molecule is CC(=O)O[C@H]1CC[C@H]2C3CC[C@H]4CC(F)(F)CC[C@]4(C)[C@H]3CC[C@]12C. The molecular weight excluding hydrogens is 322 g/mol. The summed E-state index contributed by atoms with van der Waals surface area (Å²) in [5, 5.41) is 0. The number of esters is 1. The smallest absolute Gasteiger partial charge is 0.302 e. The largest absolute Gasteiger partial charge is 0.462 e. The Bertz CT molecular complexity index is 562. The van der Waals surface area contributed by atoms with Crippen LogP contribution in [-0.2, 0) is 9.53 Å². The van der Waals surface area contributed by atoms with Crippen molar-refractivity contribution in [3.8, 4) is 0 Å². The summed E-state index contributed by atoms with van der Waals surface area (Å²) >= 11 is 0. The van der Waals surface area contributed by atoms with E-state index < -0.39 is 5.92 Å². The van der Waals surface area contributed by atoms with Crippen LogP contribution in [0.3, 0.4) is 0 Å². The maximum atomic E-state index is 14.0. The number of rotatable bonds is 1. The first-order valence-electron chi connectivity index (χ1n) is 10.2. The molecule has 0 heterocycles. The van der Waals surface area contributed by atoms with Gasteiger partial charge >= 0.3 is 5.97 Å². The molecule has 4 fully saturated rings. The first-order chi connectivity index (χ1) is 11.7. The molecule has 0 saturated heterocycles. The number of alkyl halides is 2. The fourth-order valence-electron chi connectivity index (χ4n) is 7.52. The predicted molar refractivity (Wildman–Crippen MR) is 92.2 cm³/mol. The van der Waals surface area contributed by atoms with Crippen LogP contribution < -0.4 is 0 Å². The summed E-state index contributed by atoms with van der Waals surface area (Å²) in [6.07, 6.45) is 7.26. The van der Waals surface area contributed by atoms with Gasteiger partial charge in [0, 0.05) is 25.2 Å². The number of hydrogen-bond donors (Lipinski definition) is 0. The average Bonchev–Trinajstić information content (AvgIpc) is 2.84. The highest BCUT2D eigenvalue weighted by Gasteiger charge is 2.62. The number of halogens is 2. The summed E-state index contributed by atoms with van der Waals surface area (Å²) in [6, 6.07) is 0. The molecule has 1 unspecified atom stereocenters. The Morgan fingerprint density at radius 1 is 0.920 bits per heavy atom. The predicted octanol–water partition coefficient (Wildman–Crippen LogP) is 5.60. The van der Waals surface area contributed by atoms with E-state index in [4.69, 9.17) is 4.74 Å². The molecule has 0 N–H and O–H groups in total. The highest BCUT2D eigenvalue weighted by molar-refractivity contribution is 5.66. The molecule has 0 amide bonds. The van der Waals surface area contributed by atoms with Crippen molar-refractivity contribution >= 4 is 5.97 Å². The van der Waals surface area contributed by atoms with Crippen LogP contribution in [0, 0.1) is 34.5 Å². The highest BCUT2D eigenvalue weighted by atomic mass is 19.3.